The van der Waals surface area contributed by atoms with Crippen molar-refractivity contribution in [1.29, 1.82) is 0 Å². The van der Waals surface area contributed by atoms with Crippen LogP contribution in [0.5, 0.6) is 0 Å². The Kier molecular flexibility index (Phi) is 6.58. The zero-order valence-corrected chi connectivity index (χ0v) is 15.2. The third kappa shape index (κ3) is 5.06. The fourth-order valence-electron chi connectivity index (χ4n) is 2.13. The molecule has 0 aliphatic heterocycles. The minimum atomic E-state index is 0.528. The van der Waals surface area contributed by atoms with Crippen molar-refractivity contribution in [3.05, 3.63) is 34.0 Å². The van der Waals surface area contributed by atoms with Gasteiger partial charge in [0.2, 0.25) is 0 Å². The van der Waals surface area contributed by atoms with Crippen LogP contribution >= 0.6 is 11.3 Å². The molecular weight excluding hydrogens is 308 g/mol. The second kappa shape index (κ2) is 8.67. The molecule has 0 atom stereocenters. The summed E-state index contributed by atoms with van der Waals surface area (Å²) in [4.78, 5) is 8.22. The highest BCUT2D eigenvalue weighted by molar-refractivity contribution is 7.09. The molecule has 7 heteroatoms. The van der Waals surface area contributed by atoms with Crippen molar-refractivity contribution in [1.82, 2.24) is 25.0 Å². The van der Waals surface area contributed by atoms with Crippen molar-refractivity contribution in [3.63, 3.8) is 0 Å². The lowest BCUT2D eigenvalue weighted by Crippen LogP contribution is -2.39. The summed E-state index contributed by atoms with van der Waals surface area (Å²) < 4.78 is 1.98. The minimum Gasteiger partial charge on any atom is -0.351 e. The quantitative estimate of drug-likeness (QED) is 0.624. The van der Waals surface area contributed by atoms with Gasteiger partial charge in [0.25, 0.3) is 0 Å². The number of aliphatic imine (C=N–C) groups is 1. The largest absolute Gasteiger partial charge is 0.351 e. The van der Waals surface area contributed by atoms with Crippen LogP contribution in [0.15, 0.2) is 22.5 Å². The predicted molar refractivity (Wildman–Crippen MR) is 95.6 cm³/mol. The summed E-state index contributed by atoms with van der Waals surface area (Å²) in [5.74, 6) is 2.69. The molecule has 0 fully saturated rings. The maximum absolute atomic E-state index is 4.73. The lowest BCUT2D eigenvalue weighted by molar-refractivity contribution is 0.462. The number of aromatic nitrogens is 3. The molecule has 0 aliphatic rings. The van der Waals surface area contributed by atoms with Crippen LogP contribution in [0.25, 0.3) is 0 Å². The average molecular weight is 334 g/mol. The van der Waals surface area contributed by atoms with Crippen LogP contribution < -0.4 is 5.32 Å². The number of nitrogens with one attached hydrogen (secondary N) is 1. The number of hydrogen-bond acceptors (Lipinski definition) is 4. The van der Waals surface area contributed by atoms with E-state index in [0.29, 0.717) is 6.54 Å². The third-order valence-corrected chi connectivity index (χ3v) is 4.64. The summed E-state index contributed by atoms with van der Waals surface area (Å²) in [5, 5.41) is 13.8. The molecule has 0 amide bonds. The van der Waals surface area contributed by atoms with E-state index in [9.17, 15) is 0 Å². The van der Waals surface area contributed by atoms with Gasteiger partial charge in [0.05, 0.1) is 6.54 Å². The van der Waals surface area contributed by atoms with E-state index in [2.05, 4.69) is 51.9 Å². The number of unbranched alkanes of at least 4 members (excludes halogenated alkanes) is 1. The first kappa shape index (κ1) is 17.5. The van der Waals surface area contributed by atoms with Crippen molar-refractivity contribution in [2.24, 2.45) is 12.0 Å². The topological polar surface area (TPSA) is 58.3 Å². The molecule has 2 aromatic heterocycles. The second-order valence-corrected chi connectivity index (χ2v) is 6.60. The van der Waals surface area contributed by atoms with Crippen molar-refractivity contribution in [3.8, 4) is 0 Å². The minimum absolute atomic E-state index is 0.528. The molecule has 126 valence electrons. The Bertz CT molecular complexity index is 617. The number of thiophene rings is 1. The summed E-state index contributed by atoms with van der Waals surface area (Å²) >= 11 is 1.75. The van der Waals surface area contributed by atoms with E-state index in [0.717, 1.165) is 37.1 Å². The van der Waals surface area contributed by atoms with Crippen LogP contribution in [0.2, 0.25) is 0 Å². The van der Waals surface area contributed by atoms with Gasteiger partial charge in [0.15, 0.2) is 11.8 Å². The maximum Gasteiger partial charge on any atom is 0.194 e. The predicted octanol–water partition coefficient (Wildman–Crippen LogP) is 2.56. The number of aryl methyl sites for hydroxylation is 1. The Morgan fingerprint density at radius 1 is 1.43 bits per heavy atom. The molecular formula is C16H26N6S. The van der Waals surface area contributed by atoms with Crippen LogP contribution in [0, 0.1) is 6.92 Å². The molecule has 2 rings (SSSR count). The molecule has 1 N–H and O–H groups in total. The molecule has 2 aromatic rings. The molecule has 0 unspecified atom stereocenters. The molecule has 0 aliphatic carbocycles. The van der Waals surface area contributed by atoms with E-state index < -0.39 is 0 Å². The first-order chi connectivity index (χ1) is 11.1. The summed E-state index contributed by atoms with van der Waals surface area (Å²) in [6.07, 6.45) is 2.32. The van der Waals surface area contributed by atoms with E-state index in [1.54, 1.807) is 11.3 Å². The smallest absolute Gasteiger partial charge is 0.194 e. The Balaban J connectivity index is 2.04. The zero-order valence-electron chi connectivity index (χ0n) is 14.4. The van der Waals surface area contributed by atoms with Gasteiger partial charge in [-0.2, -0.15) is 0 Å². The monoisotopic (exact) mass is 334 g/mol. The lowest BCUT2D eigenvalue weighted by atomic mass is 10.3. The lowest BCUT2D eigenvalue weighted by Gasteiger charge is -2.22. The molecule has 0 radical (unpaired) electrons. The summed E-state index contributed by atoms with van der Waals surface area (Å²) in [6, 6.07) is 4.20. The molecule has 2 heterocycles. The molecule has 0 bridgehead atoms. The van der Waals surface area contributed by atoms with Crippen LogP contribution in [0.3, 0.4) is 0 Å². The average Bonchev–Trinajstić information content (AvgIpc) is 3.17. The SMILES string of the molecule is CCCCN(C)C(=NCc1nnc(C)n1C)NCc1cccs1. The van der Waals surface area contributed by atoms with E-state index in [1.165, 1.54) is 11.3 Å². The van der Waals surface area contributed by atoms with E-state index in [4.69, 9.17) is 4.99 Å². The highest BCUT2D eigenvalue weighted by Gasteiger charge is 2.09. The molecule has 0 saturated carbocycles. The van der Waals surface area contributed by atoms with Gasteiger partial charge in [-0.15, -0.1) is 21.5 Å². The Hall–Kier alpha value is -1.89. The van der Waals surface area contributed by atoms with Crippen molar-refractivity contribution >= 4 is 17.3 Å². The highest BCUT2D eigenvalue weighted by atomic mass is 32.1. The number of hydrogen-bond donors (Lipinski definition) is 1. The first-order valence-electron chi connectivity index (χ1n) is 7.98. The van der Waals surface area contributed by atoms with E-state index in [1.807, 2.05) is 18.5 Å². The van der Waals surface area contributed by atoms with Crippen molar-refractivity contribution < 1.29 is 0 Å². The van der Waals surface area contributed by atoms with Crippen LogP contribution in [0.1, 0.15) is 36.3 Å². The van der Waals surface area contributed by atoms with Crippen LogP contribution in [-0.2, 0) is 20.1 Å². The van der Waals surface area contributed by atoms with Gasteiger partial charge in [0.1, 0.15) is 12.4 Å². The Morgan fingerprint density at radius 3 is 2.87 bits per heavy atom. The molecule has 0 spiro atoms. The van der Waals surface area contributed by atoms with Gasteiger partial charge >= 0.3 is 0 Å². The summed E-state index contributed by atoms with van der Waals surface area (Å²) in [6.45, 7) is 6.46. The van der Waals surface area contributed by atoms with Gasteiger partial charge in [-0.1, -0.05) is 19.4 Å². The molecule has 6 nitrogen and oxygen atoms in total. The zero-order chi connectivity index (χ0) is 16.7. The maximum atomic E-state index is 4.73. The highest BCUT2D eigenvalue weighted by Crippen LogP contribution is 2.08. The second-order valence-electron chi connectivity index (χ2n) is 5.57. The Morgan fingerprint density at radius 2 is 2.26 bits per heavy atom. The summed E-state index contributed by atoms with van der Waals surface area (Å²) in [7, 11) is 4.05. The van der Waals surface area contributed by atoms with Crippen LogP contribution in [-0.4, -0.2) is 39.2 Å². The van der Waals surface area contributed by atoms with Crippen LogP contribution in [0.4, 0.5) is 0 Å². The normalized spacial score (nSPS) is 11.7. The van der Waals surface area contributed by atoms with E-state index >= 15 is 0 Å². The molecule has 0 saturated heterocycles. The molecule has 23 heavy (non-hydrogen) atoms. The fraction of sp³-hybridized carbons (Fsp3) is 0.562. The number of rotatable bonds is 7. The van der Waals surface area contributed by atoms with Crippen molar-refractivity contribution in [2.45, 2.75) is 39.8 Å². The van der Waals surface area contributed by atoms with Gasteiger partial charge < -0.3 is 14.8 Å². The fourth-order valence-corrected chi connectivity index (χ4v) is 2.77. The standard InChI is InChI=1S/C16H26N6S/c1-5-6-9-21(3)16(17-11-14-8-7-10-23-14)18-12-15-20-19-13(2)22(15)4/h7-8,10H,5-6,9,11-12H2,1-4H3,(H,17,18). The van der Waals surface area contributed by atoms with Gasteiger partial charge in [-0.3, -0.25) is 0 Å². The molecule has 0 aromatic carbocycles. The number of nitrogens with zero attached hydrogens (tertiary/aromatic N) is 5. The van der Waals surface area contributed by atoms with Gasteiger partial charge in [0, 0.05) is 25.5 Å². The van der Waals surface area contributed by atoms with Gasteiger partial charge in [-0.25, -0.2) is 4.99 Å². The van der Waals surface area contributed by atoms with E-state index in [-0.39, 0.29) is 0 Å². The van der Waals surface area contributed by atoms with Gasteiger partial charge in [-0.05, 0) is 24.8 Å². The third-order valence-electron chi connectivity index (χ3n) is 3.76. The first-order valence-corrected chi connectivity index (χ1v) is 8.86. The van der Waals surface area contributed by atoms with Crippen molar-refractivity contribution in [2.75, 3.05) is 13.6 Å². The number of guanidine groups is 1. The Labute approximate surface area is 142 Å². The summed E-state index contributed by atoms with van der Waals surface area (Å²) in [5.41, 5.74) is 0.